The number of nitrogens with zero attached hydrogens (tertiary/aromatic N) is 10. The Hall–Kier alpha value is -13.4. The minimum atomic E-state index is -1.09. The number of rotatable bonds is 5. The van der Waals surface area contributed by atoms with Gasteiger partial charge in [0.1, 0.15) is 11.5 Å². The first-order chi connectivity index (χ1) is 47.0. The third-order valence-electron chi connectivity index (χ3n) is 20.3. The summed E-state index contributed by atoms with van der Waals surface area (Å²) < 4.78 is 19.3. The molecular formula is C84H46N10O. The summed E-state index contributed by atoms with van der Waals surface area (Å²) in [7, 11) is 0. The van der Waals surface area contributed by atoms with Gasteiger partial charge in [-0.1, -0.05) is 121 Å². The molecule has 0 N–H and O–H groups in total. The standard InChI is InChI=1S/C84H46N10O/c85-44-49-25-32-76-63(37-49)61-18-6-12-24-75(61)90(76)52-27-30-66-80(42-52)95-81-43-53(91-77-33-26-50(45-86)38-64(77)65-39-51(29-34-78(65)91)92-70-19-7-5-17-60(70)62-35-36-87-48-79(62)92)28-31-67(81)84(66)68-40-54(93-71-20-8-1-13-56(71)57-14-2-9-21-72(57)93)46-88-82(68)83-69(84)41-55(47-89-83)94-73-22-10-3-15-58(73)59-16-4-11-23-74(59)94/h1-43,46-48H. The third-order valence-corrected chi connectivity index (χ3v) is 20.3. The fraction of sp³-hybridized carbons (Fsp3) is 0.0119. The molecule has 8 aromatic heterocycles. The maximum Gasteiger partial charge on any atom is 0.134 e. The Balaban J connectivity index is 0.861. The van der Waals surface area contributed by atoms with E-state index >= 15 is 0 Å². The number of para-hydroxylation sites is 6. The minimum Gasteiger partial charge on any atom is -0.457 e. The zero-order chi connectivity index (χ0) is 62.4. The lowest BCUT2D eigenvalue weighted by Crippen LogP contribution is -2.32. The van der Waals surface area contributed by atoms with Crippen molar-refractivity contribution in [3.8, 4) is 63.5 Å². The molecule has 0 radical (unpaired) electrons. The van der Waals surface area contributed by atoms with E-state index in [0.29, 0.717) is 22.6 Å². The predicted molar refractivity (Wildman–Crippen MR) is 378 cm³/mol. The molecule has 11 nitrogen and oxygen atoms in total. The first-order valence-corrected chi connectivity index (χ1v) is 31.7. The zero-order valence-electron chi connectivity index (χ0n) is 50.4. The van der Waals surface area contributed by atoms with Crippen molar-refractivity contribution < 1.29 is 4.74 Å². The normalized spacial score (nSPS) is 13.0. The van der Waals surface area contributed by atoms with E-state index in [-0.39, 0.29) is 0 Å². The molecule has 0 fully saturated rings. The summed E-state index contributed by atoms with van der Waals surface area (Å²) in [6.45, 7) is 0. The van der Waals surface area contributed by atoms with Crippen LogP contribution in [0.1, 0.15) is 33.4 Å². The van der Waals surface area contributed by atoms with Crippen LogP contribution in [0, 0.1) is 22.7 Å². The molecule has 0 amide bonds. The molecule has 438 valence electrons. The van der Waals surface area contributed by atoms with E-state index in [2.05, 4.69) is 270 Å². The van der Waals surface area contributed by atoms with Crippen molar-refractivity contribution in [2.45, 2.75) is 5.41 Å². The Morgan fingerprint density at radius 1 is 0.284 bits per heavy atom. The second-order valence-electron chi connectivity index (χ2n) is 25.0. The van der Waals surface area contributed by atoms with Crippen LogP contribution in [0.25, 0.3) is 149 Å². The van der Waals surface area contributed by atoms with Crippen LogP contribution in [0.4, 0.5) is 0 Å². The van der Waals surface area contributed by atoms with Gasteiger partial charge in [0, 0.05) is 112 Å². The van der Waals surface area contributed by atoms with Gasteiger partial charge in [-0.3, -0.25) is 15.0 Å². The summed E-state index contributed by atoms with van der Waals surface area (Å²) in [6.07, 6.45) is 7.82. The molecule has 0 bridgehead atoms. The van der Waals surface area contributed by atoms with Crippen molar-refractivity contribution in [2.75, 3.05) is 0 Å². The van der Waals surface area contributed by atoms with Gasteiger partial charge < -0.3 is 27.6 Å². The summed E-state index contributed by atoms with van der Waals surface area (Å²) in [5.74, 6) is 1.33. The maximum absolute atomic E-state index is 10.5. The quantitative estimate of drug-likeness (QED) is 0.169. The lowest BCUT2D eigenvalue weighted by Gasteiger charge is -2.39. The average molecular weight is 1210 g/mol. The first kappa shape index (κ1) is 51.4. The summed E-state index contributed by atoms with van der Waals surface area (Å²) in [5.41, 5.74) is 20.3. The second-order valence-corrected chi connectivity index (χ2v) is 25.0. The molecule has 2 aliphatic rings. The van der Waals surface area contributed by atoms with Crippen LogP contribution in [0.2, 0.25) is 0 Å². The number of hydrogen-bond donors (Lipinski definition) is 0. The number of benzene rings is 11. The molecule has 19 aromatic rings. The Kier molecular flexibility index (Phi) is 10.2. The van der Waals surface area contributed by atoms with Crippen LogP contribution in [0.15, 0.2) is 280 Å². The summed E-state index contributed by atoms with van der Waals surface area (Å²) in [5, 5.41) is 31.6. The molecule has 1 spiro atoms. The van der Waals surface area contributed by atoms with Gasteiger partial charge in [0.15, 0.2) is 0 Å². The molecule has 1 aliphatic heterocycles. The van der Waals surface area contributed by atoms with Gasteiger partial charge in [0.05, 0.1) is 125 Å². The molecule has 11 aromatic carbocycles. The molecule has 95 heavy (non-hydrogen) atoms. The number of fused-ring (bicyclic) bond motifs is 24. The molecule has 11 heteroatoms. The Labute approximate surface area is 540 Å². The van der Waals surface area contributed by atoms with Crippen LogP contribution in [0.5, 0.6) is 11.5 Å². The molecule has 0 saturated heterocycles. The van der Waals surface area contributed by atoms with Crippen molar-refractivity contribution in [3.63, 3.8) is 0 Å². The van der Waals surface area contributed by atoms with Crippen molar-refractivity contribution in [2.24, 2.45) is 0 Å². The molecule has 1 aliphatic carbocycles. The van der Waals surface area contributed by atoms with E-state index < -0.39 is 5.41 Å². The van der Waals surface area contributed by atoms with Crippen molar-refractivity contribution in [1.29, 1.82) is 10.5 Å². The fourth-order valence-electron chi connectivity index (χ4n) is 16.5. The molecule has 9 heterocycles. The van der Waals surface area contributed by atoms with Crippen molar-refractivity contribution in [3.05, 3.63) is 313 Å². The van der Waals surface area contributed by atoms with Crippen molar-refractivity contribution >= 4 is 109 Å². The van der Waals surface area contributed by atoms with Crippen LogP contribution < -0.4 is 4.74 Å². The zero-order valence-corrected chi connectivity index (χ0v) is 50.4. The number of aromatic nitrogens is 8. The highest BCUT2D eigenvalue weighted by atomic mass is 16.5. The van der Waals surface area contributed by atoms with Crippen molar-refractivity contribution in [1.82, 2.24) is 37.8 Å². The van der Waals surface area contributed by atoms with Gasteiger partial charge in [-0.25, -0.2) is 0 Å². The number of pyridine rings is 3. The lowest BCUT2D eigenvalue weighted by atomic mass is 9.66. The van der Waals surface area contributed by atoms with E-state index in [9.17, 15) is 10.5 Å². The summed E-state index contributed by atoms with van der Waals surface area (Å²) in [6, 6.07) is 94.9. The first-order valence-electron chi connectivity index (χ1n) is 31.7. The van der Waals surface area contributed by atoms with E-state index in [4.69, 9.17) is 14.7 Å². The predicted octanol–water partition coefficient (Wildman–Crippen LogP) is 19.6. The van der Waals surface area contributed by atoms with Crippen LogP contribution in [-0.2, 0) is 5.41 Å². The average Bonchev–Trinajstić information content (AvgIpc) is 1.56. The Bertz CT molecular complexity index is 6430. The van der Waals surface area contributed by atoms with Gasteiger partial charge in [0.2, 0.25) is 0 Å². The largest absolute Gasteiger partial charge is 0.457 e. The minimum absolute atomic E-state index is 0.571. The van der Waals surface area contributed by atoms with Gasteiger partial charge >= 0.3 is 0 Å². The summed E-state index contributed by atoms with van der Waals surface area (Å²) in [4.78, 5) is 15.8. The number of nitriles is 2. The summed E-state index contributed by atoms with van der Waals surface area (Å²) >= 11 is 0. The molecule has 0 atom stereocenters. The highest BCUT2D eigenvalue weighted by Gasteiger charge is 2.53. The van der Waals surface area contributed by atoms with Gasteiger partial charge in [-0.05, 0) is 121 Å². The van der Waals surface area contributed by atoms with Crippen LogP contribution >= 0.6 is 0 Å². The molecular weight excluding hydrogens is 1160 g/mol. The Morgan fingerprint density at radius 3 is 1.06 bits per heavy atom. The van der Waals surface area contributed by atoms with E-state index in [1.807, 2.05) is 49.1 Å². The van der Waals surface area contributed by atoms with E-state index in [1.165, 1.54) is 0 Å². The number of ether oxygens (including phenoxy) is 1. The highest BCUT2D eigenvalue weighted by molar-refractivity contribution is 6.14. The van der Waals surface area contributed by atoms with Gasteiger partial charge in [-0.15, -0.1) is 0 Å². The van der Waals surface area contributed by atoms with Crippen LogP contribution in [-0.4, -0.2) is 37.8 Å². The van der Waals surface area contributed by atoms with Gasteiger partial charge in [-0.2, -0.15) is 10.5 Å². The molecule has 0 unspecified atom stereocenters. The van der Waals surface area contributed by atoms with Gasteiger partial charge in [0.25, 0.3) is 0 Å². The third kappa shape index (κ3) is 6.81. The fourth-order valence-corrected chi connectivity index (χ4v) is 16.5. The van der Waals surface area contributed by atoms with Crippen LogP contribution in [0.3, 0.4) is 0 Å². The number of hydrogen-bond acceptors (Lipinski definition) is 6. The Morgan fingerprint density at radius 2 is 0.621 bits per heavy atom. The molecule has 21 rings (SSSR count). The van der Waals surface area contributed by atoms with E-state index in [0.717, 1.165) is 171 Å². The topological polar surface area (TPSA) is 120 Å². The lowest BCUT2D eigenvalue weighted by molar-refractivity contribution is 0.436. The SMILES string of the molecule is N#Cc1ccc2c(c1)c1ccccc1n2-c1ccc2c(c1)Oc1cc(-n3c4ccc(C#N)cc4c4cc(-n5c6ccccc6c6ccncc65)ccc43)ccc1C21c2cc(-n3c4ccccc4c4ccccc43)cnc2-c2ncc(-n3c4ccccc4c4ccccc43)cc21. The van der Waals surface area contributed by atoms with E-state index in [1.54, 1.807) is 0 Å². The highest BCUT2D eigenvalue weighted by Crippen LogP contribution is 2.63. The maximum atomic E-state index is 10.5. The monoisotopic (exact) mass is 1210 g/mol. The second kappa shape index (κ2) is 18.9. The molecule has 0 saturated carbocycles. The smallest absolute Gasteiger partial charge is 0.134 e.